The second-order valence-corrected chi connectivity index (χ2v) is 6.95. The Hall–Kier alpha value is -3.01. The number of aromatic nitrogens is 4. The van der Waals surface area contributed by atoms with Crippen LogP contribution in [0.5, 0.6) is 0 Å². The van der Waals surface area contributed by atoms with E-state index in [0.29, 0.717) is 45.4 Å². The monoisotopic (exact) mass is 392 g/mol. The van der Waals surface area contributed by atoms with Crippen LogP contribution in [0, 0.1) is 21.3 Å². The second kappa shape index (κ2) is 9.08. The Morgan fingerprint density at radius 2 is 1.26 bits per heavy atom. The van der Waals surface area contributed by atoms with Gasteiger partial charge in [0.1, 0.15) is 20.9 Å². The van der Waals surface area contributed by atoms with Gasteiger partial charge in [-0.3, -0.25) is 14.8 Å². The molecule has 1 aliphatic carbocycles. The summed E-state index contributed by atoms with van der Waals surface area (Å²) in [5.41, 5.74) is 2.25. The van der Waals surface area contributed by atoms with Crippen LogP contribution in [0.15, 0.2) is 46.0 Å². The largest absolute Gasteiger partial charge is 0.289 e. The lowest BCUT2D eigenvalue weighted by molar-refractivity contribution is -0.112. The normalized spacial score (nSPS) is 16.9. The first kappa shape index (κ1) is 18.8. The number of allylic oxidation sites excluding steroid dienone is 2. The van der Waals surface area contributed by atoms with Crippen molar-refractivity contribution in [2.45, 2.75) is 29.3 Å². The van der Waals surface area contributed by atoms with Gasteiger partial charge in [-0.2, -0.15) is 10.5 Å². The summed E-state index contributed by atoms with van der Waals surface area (Å²) in [6, 6.07) is 0. The molecule has 132 valence electrons. The van der Waals surface area contributed by atoms with E-state index in [4.69, 9.17) is 10.5 Å². The first-order chi connectivity index (χ1) is 13.2. The third-order valence-electron chi connectivity index (χ3n) is 3.76. The molecule has 27 heavy (non-hydrogen) atoms. The van der Waals surface area contributed by atoms with Gasteiger partial charge >= 0.3 is 0 Å². The number of thiocyanates is 2. The van der Waals surface area contributed by atoms with Crippen LogP contribution >= 0.6 is 23.5 Å². The highest BCUT2D eigenvalue weighted by molar-refractivity contribution is 8.03. The van der Waals surface area contributed by atoms with Gasteiger partial charge in [0, 0.05) is 59.5 Å². The molecule has 0 saturated heterocycles. The second-order valence-electron chi connectivity index (χ2n) is 5.40. The van der Waals surface area contributed by atoms with Crippen LogP contribution in [0.4, 0.5) is 0 Å². The number of Topliss-reactive ketones (excluding diaryl/α,β-unsaturated/α-hetero) is 1. The van der Waals surface area contributed by atoms with Crippen LogP contribution in [-0.4, -0.2) is 25.7 Å². The highest BCUT2D eigenvalue weighted by atomic mass is 32.2. The lowest BCUT2D eigenvalue weighted by Crippen LogP contribution is -2.13. The molecule has 9 heteroatoms. The predicted octanol–water partition coefficient (Wildman–Crippen LogP) is 3.63. The minimum atomic E-state index is -0.0848. The number of thioether (sulfide) groups is 2. The zero-order chi connectivity index (χ0) is 19.1. The van der Waals surface area contributed by atoms with Gasteiger partial charge < -0.3 is 0 Å². The molecule has 0 amide bonds. The molecule has 2 aromatic rings. The first-order valence-electron chi connectivity index (χ1n) is 7.92. The van der Waals surface area contributed by atoms with Gasteiger partial charge in [-0.1, -0.05) is 0 Å². The summed E-state index contributed by atoms with van der Waals surface area (Å²) in [7, 11) is 0. The molecule has 0 atom stereocenters. The van der Waals surface area contributed by atoms with E-state index in [-0.39, 0.29) is 5.78 Å². The molecule has 0 radical (unpaired) electrons. The molecule has 7 nitrogen and oxygen atoms in total. The number of nitriles is 2. The van der Waals surface area contributed by atoms with Crippen LogP contribution < -0.4 is 0 Å². The number of hydrogen-bond acceptors (Lipinski definition) is 9. The van der Waals surface area contributed by atoms with Crippen LogP contribution in [0.25, 0.3) is 12.2 Å². The average molecular weight is 392 g/mol. The third-order valence-corrected chi connectivity index (χ3v) is 4.96. The summed E-state index contributed by atoms with van der Waals surface area (Å²) in [6.07, 6.45) is 11.5. The third kappa shape index (κ3) is 4.59. The van der Waals surface area contributed by atoms with E-state index in [0.717, 1.165) is 29.9 Å². The average Bonchev–Trinajstić information content (AvgIpc) is 2.68. The Morgan fingerprint density at radius 3 is 1.70 bits per heavy atom. The van der Waals surface area contributed by atoms with Crippen molar-refractivity contribution in [1.82, 2.24) is 19.9 Å². The van der Waals surface area contributed by atoms with Crippen molar-refractivity contribution >= 4 is 41.5 Å². The maximum atomic E-state index is 12.9. The van der Waals surface area contributed by atoms with Gasteiger partial charge in [0.2, 0.25) is 0 Å². The summed E-state index contributed by atoms with van der Waals surface area (Å²) < 4.78 is 0. The highest BCUT2D eigenvalue weighted by Gasteiger charge is 2.22. The summed E-state index contributed by atoms with van der Waals surface area (Å²) >= 11 is 1.82. The van der Waals surface area contributed by atoms with E-state index in [9.17, 15) is 4.79 Å². The van der Waals surface area contributed by atoms with Crippen molar-refractivity contribution in [3.63, 3.8) is 0 Å². The predicted molar refractivity (Wildman–Crippen MR) is 102 cm³/mol. The van der Waals surface area contributed by atoms with Crippen molar-refractivity contribution in [2.75, 3.05) is 0 Å². The fourth-order valence-electron chi connectivity index (χ4n) is 2.62. The van der Waals surface area contributed by atoms with E-state index in [1.807, 2.05) is 10.8 Å². The van der Waals surface area contributed by atoms with E-state index >= 15 is 0 Å². The molecule has 1 aliphatic rings. The lowest BCUT2D eigenvalue weighted by atomic mass is 9.88. The Labute approximate surface area is 164 Å². The molecular weight excluding hydrogens is 380 g/mol. The number of ketones is 1. The van der Waals surface area contributed by atoms with Gasteiger partial charge in [0.05, 0.1) is 11.4 Å². The molecule has 0 spiro atoms. The lowest BCUT2D eigenvalue weighted by Gasteiger charge is -2.16. The summed E-state index contributed by atoms with van der Waals surface area (Å²) in [6.45, 7) is 0. The van der Waals surface area contributed by atoms with E-state index in [2.05, 4.69) is 19.9 Å². The van der Waals surface area contributed by atoms with Crippen molar-refractivity contribution < 1.29 is 4.79 Å². The van der Waals surface area contributed by atoms with Crippen LogP contribution in [0.2, 0.25) is 0 Å². The van der Waals surface area contributed by atoms with Crippen molar-refractivity contribution in [2.24, 2.45) is 0 Å². The fraction of sp³-hybridized carbons (Fsp3) is 0.167. The van der Waals surface area contributed by atoms with Crippen LogP contribution in [0.1, 0.15) is 30.7 Å². The van der Waals surface area contributed by atoms with Crippen molar-refractivity contribution in [3.8, 4) is 10.8 Å². The Balaban J connectivity index is 1.94. The SMILES string of the molecule is N#CSc1nccnc1/C=C1\CCC/C(=C\c2nccnc2SC#N)C1=O. The highest BCUT2D eigenvalue weighted by Crippen LogP contribution is 2.30. The molecule has 0 bridgehead atoms. The zero-order valence-electron chi connectivity index (χ0n) is 14.0. The standard InChI is InChI=1S/C18H12N6OS2/c19-10-26-17-14(21-4-6-23-17)8-12-2-1-3-13(16(12)25)9-15-18(27-11-20)24-7-5-22-15/h4-9H,1-3H2/b12-8+,13-9+. The Kier molecular flexibility index (Phi) is 6.31. The summed E-state index contributed by atoms with van der Waals surface area (Å²) in [5.74, 6) is -0.0848. The van der Waals surface area contributed by atoms with Gasteiger partial charge in [-0.25, -0.2) is 9.97 Å². The van der Waals surface area contributed by atoms with Crippen LogP contribution in [0.3, 0.4) is 0 Å². The summed E-state index contributed by atoms with van der Waals surface area (Å²) in [5, 5.41) is 22.7. The van der Waals surface area contributed by atoms with Gasteiger partial charge in [-0.05, 0) is 31.4 Å². The molecule has 0 N–H and O–H groups in total. The van der Waals surface area contributed by atoms with Gasteiger partial charge in [-0.15, -0.1) is 0 Å². The fourth-order valence-corrected chi connectivity index (χ4v) is 3.45. The molecule has 1 fully saturated rings. The van der Waals surface area contributed by atoms with Crippen molar-refractivity contribution in [1.29, 1.82) is 10.5 Å². The van der Waals surface area contributed by atoms with E-state index < -0.39 is 0 Å². The molecule has 2 heterocycles. The first-order valence-corrected chi connectivity index (χ1v) is 9.56. The number of nitrogens with zero attached hydrogens (tertiary/aromatic N) is 6. The molecule has 0 aromatic carbocycles. The number of hydrogen-bond donors (Lipinski definition) is 0. The van der Waals surface area contributed by atoms with Crippen LogP contribution in [-0.2, 0) is 4.79 Å². The molecule has 0 aliphatic heterocycles. The Morgan fingerprint density at radius 1 is 0.815 bits per heavy atom. The molecular formula is C18H12N6OS2. The van der Waals surface area contributed by atoms with Gasteiger partial charge in [0.15, 0.2) is 5.78 Å². The maximum Gasteiger partial charge on any atom is 0.185 e. The molecule has 1 saturated carbocycles. The number of rotatable bonds is 4. The maximum absolute atomic E-state index is 12.9. The minimum Gasteiger partial charge on any atom is -0.289 e. The topological polar surface area (TPSA) is 116 Å². The number of carbonyl (C=O) groups is 1. The van der Waals surface area contributed by atoms with Crippen molar-refractivity contribution in [3.05, 3.63) is 47.3 Å². The molecule has 2 aromatic heterocycles. The molecule has 0 unspecified atom stereocenters. The minimum absolute atomic E-state index is 0.0848. The van der Waals surface area contributed by atoms with E-state index in [1.54, 1.807) is 12.2 Å². The van der Waals surface area contributed by atoms with E-state index in [1.165, 1.54) is 24.8 Å². The Bertz CT molecular complexity index is 939. The summed E-state index contributed by atoms with van der Waals surface area (Å²) in [4.78, 5) is 29.6. The quantitative estimate of drug-likeness (QED) is 0.436. The van der Waals surface area contributed by atoms with Gasteiger partial charge in [0.25, 0.3) is 0 Å². The number of carbonyl (C=O) groups excluding carboxylic acids is 1. The molecule has 3 rings (SSSR count). The smallest absolute Gasteiger partial charge is 0.185 e. The zero-order valence-corrected chi connectivity index (χ0v) is 15.6.